The van der Waals surface area contributed by atoms with E-state index in [1.165, 1.54) is 23.3 Å². The van der Waals surface area contributed by atoms with Crippen LogP contribution in [-0.2, 0) is 6.54 Å². The molecule has 0 bridgehead atoms. The van der Waals surface area contributed by atoms with Crippen molar-refractivity contribution in [2.75, 3.05) is 6.54 Å². The number of phenols is 1. The van der Waals surface area contributed by atoms with Gasteiger partial charge in [0.25, 0.3) is 0 Å². The predicted molar refractivity (Wildman–Crippen MR) is 144 cm³/mol. The molecule has 6 rings (SSSR count). The van der Waals surface area contributed by atoms with E-state index in [4.69, 9.17) is 9.97 Å². The van der Waals surface area contributed by atoms with Crippen LogP contribution >= 0.6 is 0 Å². The summed E-state index contributed by atoms with van der Waals surface area (Å²) in [5.74, 6) is -0.0961. The highest BCUT2D eigenvalue weighted by molar-refractivity contribution is 5.96. The molecule has 37 heavy (non-hydrogen) atoms. The van der Waals surface area contributed by atoms with E-state index in [0.717, 1.165) is 41.4 Å². The van der Waals surface area contributed by atoms with Crippen molar-refractivity contribution < 1.29 is 9.50 Å². The number of nitrogens with one attached hydrogen (secondary N) is 3. The summed E-state index contributed by atoms with van der Waals surface area (Å²) >= 11 is 0. The predicted octanol–water partition coefficient (Wildman–Crippen LogP) is 6.10. The number of aromatic amines is 2. The number of rotatable bonds is 6. The molecule has 7 nitrogen and oxygen atoms in total. The molecule has 184 valence electrons. The molecular weight excluding hydrogens is 467 g/mol. The van der Waals surface area contributed by atoms with Gasteiger partial charge >= 0.3 is 0 Å². The van der Waals surface area contributed by atoms with Gasteiger partial charge in [-0.15, -0.1) is 0 Å². The third kappa shape index (κ3) is 4.32. The van der Waals surface area contributed by atoms with Gasteiger partial charge in [-0.05, 0) is 67.1 Å². The summed E-state index contributed by atoms with van der Waals surface area (Å²) in [6.07, 6.45) is 0. The van der Waals surface area contributed by atoms with Gasteiger partial charge in [-0.25, -0.2) is 14.4 Å². The zero-order valence-electron chi connectivity index (χ0n) is 20.4. The van der Waals surface area contributed by atoms with E-state index in [9.17, 15) is 9.50 Å². The first kappa shape index (κ1) is 22.9. The lowest BCUT2D eigenvalue weighted by Gasteiger charge is -2.08. The van der Waals surface area contributed by atoms with Crippen LogP contribution in [0.4, 0.5) is 4.39 Å². The molecule has 0 saturated heterocycles. The van der Waals surface area contributed by atoms with Crippen molar-refractivity contribution in [3.63, 3.8) is 0 Å². The fourth-order valence-corrected chi connectivity index (χ4v) is 4.71. The van der Waals surface area contributed by atoms with E-state index in [0.29, 0.717) is 33.7 Å². The number of imidazole rings is 1. The summed E-state index contributed by atoms with van der Waals surface area (Å²) in [4.78, 5) is 13.1. The van der Waals surface area contributed by atoms with Gasteiger partial charge in [-0.3, -0.25) is 5.10 Å². The van der Waals surface area contributed by atoms with E-state index in [-0.39, 0.29) is 5.75 Å². The number of aryl methyl sites for hydroxylation is 1. The third-order valence-electron chi connectivity index (χ3n) is 6.35. The second-order valence-corrected chi connectivity index (χ2v) is 9.14. The molecule has 0 radical (unpaired) electrons. The number of halogens is 1. The van der Waals surface area contributed by atoms with E-state index in [2.05, 4.69) is 52.5 Å². The Bertz CT molecular complexity index is 1750. The van der Waals surface area contributed by atoms with Crippen LogP contribution in [-0.4, -0.2) is 36.8 Å². The number of fused-ring (bicyclic) bond motifs is 2. The van der Waals surface area contributed by atoms with Crippen molar-refractivity contribution in [3.05, 3.63) is 83.7 Å². The van der Waals surface area contributed by atoms with Gasteiger partial charge < -0.3 is 15.4 Å². The minimum absolute atomic E-state index is 0.137. The summed E-state index contributed by atoms with van der Waals surface area (Å²) in [5, 5.41) is 20.8. The van der Waals surface area contributed by atoms with Crippen LogP contribution in [0.2, 0.25) is 0 Å². The van der Waals surface area contributed by atoms with Gasteiger partial charge in [-0.2, -0.15) is 5.10 Å². The van der Waals surface area contributed by atoms with Crippen molar-refractivity contribution >= 4 is 22.1 Å². The Morgan fingerprint density at radius 3 is 2.65 bits per heavy atom. The van der Waals surface area contributed by atoms with Crippen LogP contribution < -0.4 is 5.32 Å². The quantitative estimate of drug-likeness (QED) is 0.225. The van der Waals surface area contributed by atoms with Crippen molar-refractivity contribution in [1.29, 1.82) is 0 Å². The number of H-pyrrole nitrogens is 2. The highest BCUT2D eigenvalue weighted by Gasteiger charge is 2.17. The number of aromatic nitrogens is 5. The Morgan fingerprint density at radius 2 is 1.81 bits per heavy atom. The van der Waals surface area contributed by atoms with Crippen molar-refractivity contribution in [3.8, 4) is 39.7 Å². The molecular formula is C29H25FN6O. The fraction of sp³-hybridized carbons (Fsp3) is 0.138. The fourth-order valence-electron chi connectivity index (χ4n) is 4.71. The summed E-state index contributed by atoms with van der Waals surface area (Å²) in [7, 11) is 0. The maximum absolute atomic E-state index is 14.0. The molecule has 0 aliphatic heterocycles. The molecule has 0 saturated carbocycles. The second-order valence-electron chi connectivity index (χ2n) is 9.14. The molecule has 6 aromatic rings. The van der Waals surface area contributed by atoms with Crippen LogP contribution in [0, 0.1) is 12.7 Å². The van der Waals surface area contributed by atoms with Gasteiger partial charge in [0.2, 0.25) is 0 Å². The van der Waals surface area contributed by atoms with Crippen LogP contribution in [0.5, 0.6) is 5.75 Å². The minimum atomic E-state index is -0.512. The summed E-state index contributed by atoms with van der Waals surface area (Å²) in [6.45, 7) is 5.89. The number of hydrogen-bond donors (Lipinski definition) is 4. The third-order valence-corrected chi connectivity index (χ3v) is 6.35. The Labute approximate surface area is 212 Å². The van der Waals surface area contributed by atoms with E-state index < -0.39 is 5.82 Å². The van der Waals surface area contributed by atoms with Crippen LogP contribution in [0.3, 0.4) is 0 Å². The highest BCUT2D eigenvalue weighted by atomic mass is 19.1. The van der Waals surface area contributed by atoms with Gasteiger partial charge in [0.1, 0.15) is 17.1 Å². The van der Waals surface area contributed by atoms with Gasteiger partial charge in [0.05, 0.1) is 22.2 Å². The summed E-state index contributed by atoms with van der Waals surface area (Å²) < 4.78 is 14.0. The number of para-hydroxylation sites is 1. The van der Waals surface area contributed by atoms with Gasteiger partial charge in [-0.1, -0.05) is 30.7 Å². The number of hydrogen-bond acceptors (Lipinski definition) is 5. The maximum atomic E-state index is 14.0. The van der Waals surface area contributed by atoms with Gasteiger partial charge in [0.15, 0.2) is 11.5 Å². The molecule has 0 fully saturated rings. The average molecular weight is 493 g/mol. The zero-order valence-corrected chi connectivity index (χ0v) is 20.4. The Balaban J connectivity index is 1.45. The van der Waals surface area contributed by atoms with E-state index in [1.807, 2.05) is 30.3 Å². The second kappa shape index (κ2) is 9.15. The monoisotopic (exact) mass is 492 g/mol. The summed E-state index contributed by atoms with van der Waals surface area (Å²) in [6, 6.07) is 20.0. The standard InChI is InChI=1S/C29H25FN6O/c1-3-31-15-17-9-16(2)10-19(11-17)23-7-8-25-27(32-23)28(36-35-25)29-33-24-6-4-5-22(26(24)34-29)18-12-20(30)14-21(37)13-18/h4-14,31,37H,3,15H2,1-2H3,(H,33,34)(H,35,36). The molecule has 4 N–H and O–H groups in total. The lowest BCUT2D eigenvalue weighted by Crippen LogP contribution is -2.11. The number of benzene rings is 3. The minimum Gasteiger partial charge on any atom is -0.508 e. The SMILES string of the molecule is CCNCc1cc(C)cc(-c2ccc3[nH]nc(-c4nc5c(-c6cc(O)cc(F)c6)cccc5[nH]4)c3n2)c1. The smallest absolute Gasteiger partial charge is 0.161 e. The maximum Gasteiger partial charge on any atom is 0.161 e. The molecule has 3 heterocycles. The van der Waals surface area contributed by atoms with Crippen molar-refractivity contribution in [2.24, 2.45) is 0 Å². The highest BCUT2D eigenvalue weighted by Crippen LogP contribution is 2.33. The Morgan fingerprint density at radius 1 is 0.919 bits per heavy atom. The number of pyridine rings is 1. The number of nitrogens with zero attached hydrogens (tertiary/aromatic N) is 3. The molecule has 0 unspecified atom stereocenters. The molecule has 0 amide bonds. The Kier molecular flexibility index (Phi) is 5.65. The first-order valence-corrected chi connectivity index (χ1v) is 12.1. The normalized spacial score (nSPS) is 11.5. The average Bonchev–Trinajstić information content (AvgIpc) is 3.50. The van der Waals surface area contributed by atoms with E-state index >= 15 is 0 Å². The number of aromatic hydroxyl groups is 1. The van der Waals surface area contributed by atoms with Crippen LogP contribution in [0.15, 0.2) is 66.7 Å². The first-order valence-electron chi connectivity index (χ1n) is 12.1. The number of phenolic OH excluding ortho intramolecular Hbond substituents is 1. The molecule has 0 spiro atoms. The van der Waals surface area contributed by atoms with Crippen molar-refractivity contribution in [1.82, 2.24) is 30.5 Å². The Hall–Kier alpha value is -4.56. The topological polar surface area (TPSA) is 103 Å². The summed E-state index contributed by atoms with van der Waals surface area (Å²) in [5.41, 5.74) is 9.05. The van der Waals surface area contributed by atoms with E-state index in [1.54, 1.807) is 0 Å². The molecule has 3 aromatic heterocycles. The van der Waals surface area contributed by atoms with Crippen LogP contribution in [0.1, 0.15) is 18.1 Å². The van der Waals surface area contributed by atoms with Gasteiger partial charge in [0, 0.05) is 23.7 Å². The molecule has 3 aromatic carbocycles. The van der Waals surface area contributed by atoms with Crippen LogP contribution in [0.25, 0.3) is 56.0 Å². The largest absolute Gasteiger partial charge is 0.508 e. The molecule has 8 heteroatoms. The zero-order chi connectivity index (χ0) is 25.5. The molecule has 0 aliphatic rings. The lowest BCUT2D eigenvalue weighted by atomic mass is 10.0. The molecule has 0 atom stereocenters. The first-order chi connectivity index (χ1) is 18.0. The van der Waals surface area contributed by atoms with Crippen molar-refractivity contribution in [2.45, 2.75) is 20.4 Å². The molecule has 0 aliphatic carbocycles. The lowest BCUT2D eigenvalue weighted by molar-refractivity contribution is 0.469.